The first-order chi connectivity index (χ1) is 8.82. The van der Waals surface area contributed by atoms with Gasteiger partial charge in [-0.15, -0.1) is 0 Å². The lowest BCUT2D eigenvalue weighted by Gasteiger charge is -2.24. The highest BCUT2D eigenvalue weighted by molar-refractivity contribution is 5.73. The van der Waals surface area contributed by atoms with Crippen molar-refractivity contribution in [1.82, 2.24) is 14.9 Å². The van der Waals surface area contributed by atoms with Crippen LogP contribution in [0.2, 0.25) is 0 Å². The van der Waals surface area contributed by atoms with Crippen LogP contribution in [0.5, 0.6) is 0 Å². The Morgan fingerprint density at radius 1 is 1.47 bits per heavy atom. The van der Waals surface area contributed by atoms with E-state index in [1.807, 2.05) is 6.20 Å². The SMILES string of the molecule is Cc1nccn1C1CCNCC1.O=C(O)C(F)(F)F. The summed E-state index contributed by atoms with van der Waals surface area (Å²) in [6, 6.07) is 0.675. The van der Waals surface area contributed by atoms with E-state index in [4.69, 9.17) is 9.90 Å². The molecule has 0 radical (unpaired) electrons. The van der Waals surface area contributed by atoms with E-state index in [9.17, 15) is 13.2 Å². The Labute approximate surface area is 108 Å². The molecule has 0 atom stereocenters. The van der Waals surface area contributed by atoms with Crippen LogP contribution in [0.3, 0.4) is 0 Å². The molecule has 0 unspecified atom stereocenters. The molecule has 108 valence electrons. The van der Waals surface area contributed by atoms with E-state index in [1.165, 1.54) is 12.8 Å². The fourth-order valence-corrected chi connectivity index (χ4v) is 1.86. The Morgan fingerprint density at radius 2 is 2.00 bits per heavy atom. The van der Waals surface area contributed by atoms with Crippen LogP contribution in [0.4, 0.5) is 13.2 Å². The molecule has 2 heterocycles. The molecular formula is C11H16F3N3O2. The number of alkyl halides is 3. The first-order valence-corrected chi connectivity index (χ1v) is 5.82. The number of aromatic nitrogens is 2. The number of nitrogens with one attached hydrogen (secondary N) is 1. The van der Waals surface area contributed by atoms with Crippen LogP contribution in [0, 0.1) is 6.92 Å². The molecule has 2 N–H and O–H groups in total. The first kappa shape index (κ1) is 15.5. The lowest BCUT2D eigenvalue weighted by atomic mass is 10.1. The summed E-state index contributed by atoms with van der Waals surface area (Å²) in [6.07, 6.45) is 1.36. The van der Waals surface area contributed by atoms with Crippen LogP contribution < -0.4 is 5.32 Å². The molecule has 0 aliphatic carbocycles. The minimum Gasteiger partial charge on any atom is -0.475 e. The van der Waals surface area contributed by atoms with Gasteiger partial charge in [-0.2, -0.15) is 13.2 Å². The van der Waals surface area contributed by atoms with Gasteiger partial charge in [-0.25, -0.2) is 9.78 Å². The second-order valence-electron chi connectivity index (χ2n) is 4.17. The van der Waals surface area contributed by atoms with E-state index in [0.717, 1.165) is 18.9 Å². The Hall–Kier alpha value is -1.57. The molecule has 5 nitrogen and oxygen atoms in total. The van der Waals surface area contributed by atoms with Crippen LogP contribution >= 0.6 is 0 Å². The van der Waals surface area contributed by atoms with Gasteiger partial charge >= 0.3 is 12.1 Å². The van der Waals surface area contributed by atoms with E-state index in [1.54, 1.807) is 0 Å². The molecule has 0 saturated carbocycles. The fraction of sp³-hybridized carbons (Fsp3) is 0.636. The zero-order chi connectivity index (χ0) is 14.5. The zero-order valence-electron chi connectivity index (χ0n) is 10.4. The lowest BCUT2D eigenvalue weighted by molar-refractivity contribution is -0.192. The van der Waals surface area contributed by atoms with E-state index in [0.29, 0.717) is 6.04 Å². The van der Waals surface area contributed by atoms with Crippen LogP contribution in [0.1, 0.15) is 24.7 Å². The van der Waals surface area contributed by atoms with Crippen molar-refractivity contribution >= 4 is 5.97 Å². The third-order valence-electron chi connectivity index (χ3n) is 2.81. The van der Waals surface area contributed by atoms with Gasteiger partial charge in [-0.3, -0.25) is 0 Å². The van der Waals surface area contributed by atoms with Gasteiger partial charge in [0.25, 0.3) is 0 Å². The maximum Gasteiger partial charge on any atom is 0.490 e. The fourth-order valence-electron chi connectivity index (χ4n) is 1.86. The van der Waals surface area contributed by atoms with E-state index in [2.05, 4.69) is 28.0 Å². The predicted molar refractivity (Wildman–Crippen MR) is 61.8 cm³/mol. The molecule has 1 aromatic rings. The Kier molecular flexibility index (Phi) is 5.34. The number of carbonyl (C=O) groups is 1. The van der Waals surface area contributed by atoms with Crippen molar-refractivity contribution in [3.05, 3.63) is 18.2 Å². The Balaban J connectivity index is 0.000000224. The molecule has 1 aromatic heterocycles. The van der Waals surface area contributed by atoms with Crippen molar-refractivity contribution in [3.8, 4) is 0 Å². The standard InChI is InChI=1S/C9H15N3.C2HF3O2/c1-8-11-6-7-12(8)9-2-4-10-5-3-9;3-2(4,5)1(6)7/h6-7,9-10H,2-5H2,1H3;(H,6,7). The van der Waals surface area contributed by atoms with Gasteiger partial charge < -0.3 is 15.0 Å². The minimum absolute atomic E-state index is 0.675. The maximum absolute atomic E-state index is 10.6. The van der Waals surface area contributed by atoms with Crippen LogP contribution in [0.15, 0.2) is 12.4 Å². The van der Waals surface area contributed by atoms with Crippen LogP contribution in [-0.2, 0) is 4.79 Å². The number of piperidine rings is 1. The number of halogens is 3. The summed E-state index contributed by atoms with van der Waals surface area (Å²) < 4.78 is 34.0. The number of aryl methyl sites for hydroxylation is 1. The zero-order valence-corrected chi connectivity index (χ0v) is 10.4. The van der Waals surface area contributed by atoms with Gasteiger partial charge in [0.2, 0.25) is 0 Å². The number of hydrogen-bond acceptors (Lipinski definition) is 3. The third kappa shape index (κ3) is 4.90. The summed E-state index contributed by atoms with van der Waals surface area (Å²) in [6.45, 7) is 4.35. The molecule has 8 heteroatoms. The second kappa shape index (κ2) is 6.55. The highest BCUT2D eigenvalue weighted by Gasteiger charge is 2.38. The monoisotopic (exact) mass is 279 g/mol. The molecule has 0 amide bonds. The average molecular weight is 279 g/mol. The molecule has 1 aliphatic heterocycles. The first-order valence-electron chi connectivity index (χ1n) is 5.82. The molecular weight excluding hydrogens is 263 g/mol. The molecule has 0 bridgehead atoms. The minimum atomic E-state index is -5.08. The van der Waals surface area contributed by atoms with Gasteiger partial charge in [-0.1, -0.05) is 0 Å². The summed E-state index contributed by atoms with van der Waals surface area (Å²) in [4.78, 5) is 13.1. The molecule has 1 fully saturated rings. The normalized spacial score (nSPS) is 16.6. The predicted octanol–water partition coefficient (Wildman–Crippen LogP) is 1.75. The summed E-state index contributed by atoms with van der Waals surface area (Å²) in [5.41, 5.74) is 0. The van der Waals surface area contributed by atoms with E-state index >= 15 is 0 Å². The second-order valence-corrected chi connectivity index (χ2v) is 4.17. The van der Waals surface area contributed by atoms with Gasteiger partial charge in [0.05, 0.1) is 0 Å². The number of imidazole rings is 1. The topological polar surface area (TPSA) is 67.2 Å². The van der Waals surface area contributed by atoms with Gasteiger partial charge in [-0.05, 0) is 32.9 Å². The summed E-state index contributed by atoms with van der Waals surface area (Å²) in [5, 5.41) is 10.5. The molecule has 0 spiro atoms. The average Bonchev–Trinajstić information content (AvgIpc) is 2.76. The molecule has 1 saturated heterocycles. The lowest BCUT2D eigenvalue weighted by Crippen LogP contribution is -2.29. The number of carboxylic acid groups (broad SMARTS) is 1. The molecule has 1 aliphatic rings. The highest BCUT2D eigenvalue weighted by Crippen LogP contribution is 2.19. The maximum atomic E-state index is 10.6. The van der Waals surface area contributed by atoms with E-state index < -0.39 is 12.1 Å². The van der Waals surface area contributed by atoms with Crippen molar-refractivity contribution in [2.24, 2.45) is 0 Å². The van der Waals surface area contributed by atoms with Gasteiger partial charge in [0.1, 0.15) is 5.82 Å². The van der Waals surface area contributed by atoms with Crippen molar-refractivity contribution in [2.45, 2.75) is 32.0 Å². The Morgan fingerprint density at radius 3 is 2.37 bits per heavy atom. The third-order valence-corrected chi connectivity index (χ3v) is 2.81. The highest BCUT2D eigenvalue weighted by atomic mass is 19.4. The van der Waals surface area contributed by atoms with Crippen molar-refractivity contribution in [1.29, 1.82) is 0 Å². The number of aliphatic carboxylic acids is 1. The molecule has 19 heavy (non-hydrogen) atoms. The summed E-state index contributed by atoms with van der Waals surface area (Å²) in [5.74, 6) is -1.62. The van der Waals surface area contributed by atoms with Gasteiger partial charge in [0, 0.05) is 18.4 Å². The number of rotatable bonds is 1. The van der Waals surface area contributed by atoms with Gasteiger partial charge in [0.15, 0.2) is 0 Å². The molecule has 0 aromatic carbocycles. The van der Waals surface area contributed by atoms with Crippen molar-refractivity contribution < 1.29 is 23.1 Å². The number of carboxylic acids is 1. The van der Waals surface area contributed by atoms with Crippen molar-refractivity contribution in [3.63, 3.8) is 0 Å². The van der Waals surface area contributed by atoms with Crippen LogP contribution in [-0.4, -0.2) is 39.9 Å². The quantitative estimate of drug-likeness (QED) is 0.822. The Bertz CT molecular complexity index is 412. The summed E-state index contributed by atoms with van der Waals surface area (Å²) in [7, 11) is 0. The summed E-state index contributed by atoms with van der Waals surface area (Å²) >= 11 is 0. The largest absolute Gasteiger partial charge is 0.490 e. The number of hydrogen-bond donors (Lipinski definition) is 2. The smallest absolute Gasteiger partial charge is 0.475 e. The number of nitrogens with zero attached hydrogens (tertiary/aromatic N) is 2. The molecule has 2 rings (SSSR count). The van der Waals surface area contributed by atoms with Crippen LogP contribution in [0.25, 0.3) is 0 Å². The van der Waals surface area contributed by atoms with Crippen molar-refractivity contribution in [2.75, 3.05) is 13.1 Å². The van der Waals surface area contributed by atoms with E-state index in [-0.39, 0.29) is 0 Å².